The fourth-order valence-electron chi connectivity index (χ4n) is 3.24. The third-order valence-electron chi connectivity index (χ3n) is 4.61. The van der Waals surface area contributed by atoms with Gasteiger partial charge in [0.15, 0.2) is 0 Å². The smallest absolute Gasteiger partial charge is 0.411 e. The zero-order valence-electron chi connectivity index (χ0n) is 13.8. The molecule has 2 aromatic rings. The highest BCUT2D eigenvalue weighted by Gasteiger charge is 2.30. The summed E-state index contributed by atoms with van der Waals surface area (Å²) in [4.78, 5) is 13.9. The third-order valence-corrected chi connectivity index (χ3v) is 4.61. The summed E-state index contributed by atoms with van der Waals surface area (Å²) in [7, 11) is 0. The minimum absolute atomic E-state index is 0.284. The second-order valence-corrected chi connectivity index (χ2v) is 6.24. The maximum Gasteiger partial charge on any atom is 0.411 e. The monoisotopic (exact) mass is 324 g/mol. The first-order chi connectivity index (χ1) is 11.7. The fraction of sp³-hybridized carbons (Fsp3) is 0.350. The Bertz CT molecular complexity index is 645. The van der Waals surface area contributed by atoms with Crippen LogP contribution < -0.4 is 5.73 Å². The number of hydrogen-bond donors (Lipinski definition) is 1. The molecule has 1 amide bonds. The highest BCUT2D eigenvalue weighted by Crippen LogP contribution is 2.30. The Labute approximate surface area is 143 Å². The normalized spacial score (nSPS) is 20.6. The second kappa shape index (κ2) is 7.97. The SMILES string of the molecule is NC1CC(c2ccccc2)CCN1C(=O)OCCc1ccccc1. The van der Waals surface area contributed by atoms with Crippen molar-refractivity contribution in [2.24, 2.45) is 5.73 Å². The summed E-state index contributed by atoms with van der Waals surface area (Å²) in [6.45, 7) is 1.03. The predicted octanol–water partition coefficient (Wildman–Crippen LogP) is 3.53. The Balaban J connectivity index is 1.48. The number of nitrogens with zero attached hydrogens (tertiary/aromatic N) is 1. The largest absolute Gasteiger partial charge is 0.449 e. The lowest BCUT2D eigenvalue weighted by Gasteiger charge is -2.36. The molecule has 1 fully saturated rings. The summed E-state index contributed by atoms with van der Waals surface area (Å²) < 4.78 is 5.40. The van der Waals surface area contributed by atoms with E-state index >= 15 is 0 Å². The van der Waals surface area contributed by atoms with E-state index in [1.165, 1.54) is 5.56 Å². The molecular weight excluding hydrogens is 300 g/mol. The lowest BCUT2D eigenvalue weighted by atomic mass is 9.88. The number of amides is 1. The van der Waals surface area contributed by atoms with Gasteiger partial charge in [-0.25, -0.2) is 4.79 Å². The Morgan fingerprint density at radius 3 is 2.42 bits per heavy atom. The van der Waals surface area contributed by atoms with Crippen LogP contribution in [0.3, 0.4) is 0 Å². The van der Waals surface area contributed by atoms with Crippen LogP contribution >= 0.6 is 0 Å². The first kappa shape index (κ1) is 16.5. The topological polar surface area (TPSA) is 55.6 Å². The van der Waals surface area contributed by atoms with Crippen molar-refractivity contribution in [3.05, 3.63) is 71.8 Å². The van der Waals surface area contributed by atoms with Gasteiger partial charge < -0.3 is 10.5 Å². The standard InChI is InChI=1S/C20H24N2O2/c21-19-15-18(17-9-5-2-6-10-17)11-13-22(19)20(23)24-14-12-16-7-3-1-4-8-16/h1-10,18-19H,11-15,21H2. The Kier molecular flexibility index (Phi) is 5.49. The lowest BCUT2D eigenvalue weighted by molar-refractivity contribution is 0.0714. The Morgan fingerprint density at radius 1 is 1.08 bits per heavy atom. The first-order valence-corrected chi connectivity index (χ1v) is 8.52. The van der Waals surface area contributed by atoms with Gasteiger partial charge in [-0.15, -0.1) is 0 Å². The van der Waals surface area contributed by atoms with Crippen LogP contribution in [-0.4, -0.2) is 30.3 Å². The Morgan fingerprint density at radius 2 is 1.75 bits per heavy atom. The van der Waals surface area contributed by atoms with Crippen LogP contribution in [0.25, 0.3) is 0 Å². The number of hydrogen-bond acceptors (Lipinski definition) is 3. The number of nitrogens with two attached hydrogens (primary N) is 1. The molecule has 0 spiro atoms. The summed E-state index contributed by atoms with van der Waals surface area (Å²) in [5, 5.41) is 0. The van der Waals surface area contributed by atoms with E-state index in [0.29, 0.717) is 19.1 Å². The van der Waals surface area contributed by atoms with Crippen molar-refractivity contribution >= 4 is 6.09 Å². The molecule has 0 saturated carbocycles. The number of carbonyl (C=O) groups excluding carboxylic acids is 1. The van der Waals surface area contributed by atoms with E-state index in [9.17, 15) is 4.79 Å². The zero-order chi connectivity index (χ0) is 16.8. The molecule has 4 nitrogen and oxygen atoms in total. The molecule has 0 bridgehead atoms. The van der Waals surface area contributed by atoms with Crippen molar-refractivity contribution in [2.45, 2.75) is 31.3 Å². The van der Waals surface area contributed by atoms with Gasteiger partial charge in [0.2, 0.25) is 0 Å². The molecule has 0 aliphatic carbocycles. The summed E-state index contributed by atoms with van der Waals surface area (Å²) in [5.41, 5.74) is 8.68. The molecule has 1 heterocycles. The number of carbonyl (C=O) groups is 1. The number of likely N-dealkylation sites (tertiary alicyclic amines) is 1. The van der Waals surface area contributed by atoms with Crippen molar-refractivity contribution < 1.29 is 9.53 Å². The predicted molar refractivity (Wildman–Crippen MR) is 94.6 cm³/mol. The van der Waals surface area contributed by atoms with Crippen molar-refractivity contribution in [1.82, 2.24) is 4.90 Å². The quantitative estimate of drug-likeness (QED) is 0.936. The van der Waals surface area contributed by atoms with Gasteiger partial charge in [0.05, 0.1) is 12.8 Å². The minimum Gasteiger partial charge on any atom is -0.449 e. The molecule has 1 aliphatic rings. The summed E-state index contributed by atoms with van der Waals surface area (Å²) in [5.74, 6) is 0.412. The highest BCUT2D eigenvalue weighted by atomic mass is 16.6. The van der Waals surface area contributed by atoms with E-state index in [1.807, 2.05) is 48.5 Å². The van der Waals surface area contributed by atoms with Crippen LogP contribution in [0.4, 0.5) is 4.79 Å². The van der Waals surface area contributed by atoms with Crippen LogP contribution in [0.5, 0.6) is 0 Å². The van der Waals surface area contributed by atoms with Gasteiger partial charge in [-0.2, -0.15) is 0 Å². The van der Waals surface area contributed by atoms with Gasteiger partial charge in [0.1, 0.15) is 0 Å². The number of ether oxygens (including phenoxy) is 1. The minimum atomic E-state index is -0.301. The van der Waals surface area contributed by atoms with E-state index in [1.54, 1.807) is 4.90 Å². The molecule has 1 aliphatic heterocycles. The van der Waals surface area contributed by atoms with Crippen LogP contribution in [0.15, 0.2) is 60.7 Å². The van der Waals surface area contributed by atoms with Crippen LogP contribution in [0.1, 0.15) is 29.9 Å². The number of piperidine rings is 1. The maximum absolute atomic E-state index is 12.3. The third kappa shape index (κ3) is 4.15. The molecule has 2 atom stereocenters. The van der Waals surface area contributed by atoms with Crippen LogP contribution in [-0.2, 0) is 11.2 Å². The maximum atomic E-state index is 12.3. The van der Waals surface area contributed by atoms with Gasteiger partial charge in [-0.1, -0.05) is 60.7 Å². The van der Waals surface area contributed by atoms with Gasteiger partial charge in [-0.05, 0) is 29.9 Å². The molecule has 0 radical (unpaired) electrons. The molecule has 1 saturated heterocycles. The van der Waals surface area contributed by atoms with E-state index in [-0.39, 0.29) is 12.3 Å². The fourth-order valence-corrected chi connectivity index (χ4v) is 3.24. The molecule has 126 valence electrons. The highest BCUT2D eigenvalue weighted by molar-refractivity contribution is 5.68. The van der Waals surface area contributed by atoms with Crippen LogP contribution in [0.2, 0.25) is 0 Å². The summed E-state index contributed by atoms with van der Waals surface area (Å²) in [6, 6.07) is 20.4. The van der Waals surface area contributed by atoms with Gasteiger partial charge in [0.25, 0.3) is 0 Å². The molecule has 2 aromatic carbocycles. The molecule has 2 N–H and O–H groups in total. The lowest BCUT2D eigenvalue weighted by Crippen LogP contribution is -2.50. The molecule has 4 heteroatoms. The molecule has 2 unspecified atom stereocenters. The first-order valence-electron chi connectivity index (χ1n) is 8.52. The second-order valence-electron chi connectivity index (χ2n) is 6.24. The van der Waals surface area contributed by atoms with Crippen molar-refractivity contribution in [1.29, 1.82) is 0 Å². The number of rotatable bonds is 4. The van der Waals surface area contributed by atoms with Gasteiger partial charge in [0, 0.05) is 13.0 Å². The Hall–Kier alpha value is -2.33. The summed E-state index contributed by atoms with van der Waals surface area (Å²) in [6.07, 6.45) is 1.84. The molecule has 24 heavy (non-hydrogen) atoms. The van der Waals surface area contributed by atoms with E-state index in [2.05, 4.69) is 12.1 Å². The van der Waals surface area contributed by atoms with E-state index < -0.39 is 0 Å². The van der Waals surface area contributed by atoms with Crippen LogP contribution in [0, 0.1) is 0 Å². The molecular formula is C20H24N2O2. The van der Waals surface area contributed by atoms with Crippen molar-refractivity contribution in [2.75, 3.05) is 13.2 Å². The van der Waals surface area contributed by atoms with E-state index in [0.717, 1.165) is 24.8 Å². The number of benzene rings is 2. The molecule has 3 rings (SSSR count). The van der Waals surface area contributed by atoms with Gasteiger partial charge >= 0.3 is 6.09 Å². The van der Waals surface area contributed by atoms with Gasteiger partial charge in [-0.3, -0.25) is 4.90 Å². The molecule has 0 aromatic heterocycles. The summed E-state index contributed by atoms with van der Waals surface area (Å²) >= 11 is 0. The zero-order valence-corrected chi connectivity index (χ0v) is 13.8. The van der Waals surface area contributed by atoms with E-state index in [4.69, 9.17) is 10.5 Å². The van der Waals surface area contributed by atoms with Crippen molar-refractivity contribution in [3.8, 4) is 0 Å². The average Bonchev–Trinajstić information content (AvgIpc) is 2.63. The van der Waals surface area contributed by atoms with Crippen molar-refractivity contribution in [3.63, 3.8) is 0 Å². The average molecular weight is 324 g/mol.